The van der Waals surface area contributed by atoms with Crippen LogP contribution in [0.3, 0.4) is 0 Å². The zero-order chi connectivity index (χ0) is 23.5. The van der Waals surface area contributed by atoms with E-state index in [9.17, 15) is 8.78 Å². The first-order valence-corrected chi connectivity index (χ1v) is 11.8. The van der Waals surface area contributed by atoms with E-state index in [-0.39, 0.29) is 12.5 Å². The summed E-state index contributed by atoms with van der Waals surface area (Å²) >= 11 is 0. The number of aromatic nitrogens is 4. The van der Waals surface area contributed by atoms with Gasteiger partial charge in [0.2, 0.25) is 0 Å². The van der Waals surface area contributed by atoms with Crippen LogP contribution in [0, 0.1) is 6.92 Å². The van der Waals surface area contributed by atoms with Crippen molar-refractivity contribution in [3.8, 4) is 11.3 Å². The first-order valence-electron chi connectivity index (χ1n) is 11.8. The average Bonchev–Trinajstić information content (AvgIpc) is 3.30. The summed E-state index contributed by atoms with van der Waals surface area (Å²) in [6, 6.07) is 12.5. The van der Waals surface area contributed by atoms with Gasteiger partial charge in [0, 0.05) is 56.6 Å². The molecule has 2 aliphatic rings. The highest BCUT2D eigenvalue weighted by Crippen LogP contribution is 2.30. The van der Waals surface area contributed by atoms with Gasteiger partial charge in [-0.1, -0.05) is 17.3 Å². The van der Waals surface area contributed by atoms with Gasteiger partial charge in [0.15, 0.2) is 0 Å². The molecule has 2 fully saturated rings. The number of benzene rings is 1. The molecule has 34 heavy (non-hydrogen) atoms. The number of nitrogens with zero attached hydrogens (tertiary/aromatic N) is 6. The number of anilines is 1. The van der Waals surface area contributed by atoms with Gasteiger partial charge >= 0.3 is 0 Å². The molecule has 3 aromatic rings. The smallest absolute Gasteiger partial charge is 0.271 e. The van der Waals surface area contributed by atoms with Gasteiger partial charge in [-0.15, -0.1) is 5.10 Å². The van der Waals surface area contributed by atoms with Gasteiger partial charge in [0.25, 0.3) is 5.92 Å². The summed E-state index contributed by atoms with van der Waals surface area (Å²) in [4.78, 5) is 9.29. The van der Waals surface area contributed by atoms with Crippen LogP contribution in [0.5, 0.6) is 0 Å². The number of alkyl halides is 2. The molecule has 0 aliphatic carbocycles. The van der Waals surface area contributed by atoms with Crippen molar-refractivity contribution < 1.29 is 13.5 Å². The molecule has 0 spiro atoms. The van der Waals surface area contributed by atoms with Crippen LogP contribution in [0.2, 0.25) is 0 Å². The molecule has 0 N–H and O–H groups in total. The maximum atomic E-state index is 13.3. The third-order valence-electron chi connectivity index (χ3n) is 6.63. The van der Waals surface area contributed by atoms with Crippen molar-refractivity contribution in [2.75, 3.05) is 37.7 Å². The lowest BCUT2D eigenvalue weighted by molar-refractivity contribution is -0.147. The fourth-order valence-electron chi connectivity index (χ4n) is 4.65. The molecule has 2 aromatic heterocycles. The Hall–Kier alpha value is -2.91. The van der Waals surface area contributed by atoms with Crippen LogP contribution in [0.4, 0.5) is 14.5 Å². The second-order valence-electron chi connectivity index (χ2n) is 9.24. The Labute approximate surface area is 198 Å². The Morgan fingerprint density at radius 3 is 2.68 bits per heavy atom. The molecule has 4 heterocycles. The summed E-state index contributed by atoms with van der Waals surface area (Å²) in [6.07, 6.45) is 3.64. The Bertz CT molecular complexity index is 1090. The molecule has 7 nitrogen and oxygen atoms in total. The van der Waals surface area contributed by atoms with Gasteiger partial charge in [0.1, 0.15) is 12.3 Å². The summed E-state index contributed by atoms with van der Waals surface area (Å²) in [7, 11) is 0. The molecule has 2 aliphatic heterocycles. The lowest BCUT2D eigenvalue weighted by atomic mass is 10.0. The van der Waals surface area contributed by atoms with Gasteiger partial charge in [0.05, 0.1) is 24.5 Å². The number of halogens is 2. The second-order valence-corrected chi connectivity index (χ2v) is 9.24. The van der Waals surface area contributed by atoms with Gasteiger partial charge < -0.3 is 9.64 Å². The SMILES string of the molecule is Cc1cc(N2CCN(Cc3ccccn3)CC2)ccc1-c1cn(C[C@@H]2CCC(F)(F)CO2)nn1. The Kier molecular flexibility index (Phi) is 6.56. The monoisotopic (exact) mass is 468 g/mol. The number of piperazine rings is 1. The topological polar surface area (TPSA) is 59.3 Å². The molecule has 1 atom stereocenters. The molecule has 0 radical (unpaired) electrons. The highest BCUT2D eigenvalue weighted by Gasteiger charge is 2.36. The molecule has 5 rings (SSSR count). The van der Waals surface area contributed by atoms with Gasteiger partial charge in [-0.25, -0.2) is 13.5 Å². The van der Waals surface area contributed by atoms with E-state index in [0.29, 0.717) is 13.0 Å². The fourth-order valence-corrected chi connectivity index (χ4v) is 4.65. The van der Waals surface area contributed by atoms with E-state index in [0.717, 1.165) is 55.2 Å². The van der Waals surface area contributed by atoms with E-state index in [1.54, 1.807) is 4.68 Å². The Morgan fingerprint density at radius 1 is 1.12 bits per heavy atom. The standard InChI is InChI=1S/C25H30F2N6O/c1-19-14-21(32-12-10-31(11-13-32)15-20-4-2-3-9-28-20)5-6-23(19)24-17-33(30-29-24)16-22-7-8-25(26,27)18-34-22/h2-6,9,14,17,22H,7-8,10-13,15-16,18H2,1H3/t22-/m0/s1. The first-order chi connectivity index (χ1) is 16.4. The van der Waals surface area contributed by atoms with E-state index in [1.165, 1.54) is 5.69 Å². The minimum absolute atomic E-state index is 0.142. The largest absolute Gasteiger partial charge is 0.370 e. The summed E-state index contributed by atoms with van der Waals surface area (Å²) in [5.41, 5.74) is 5.26. The van der Waals surface area contributed by atoms with E-state index in [4.69, 9.17) is 4.74 Å². The molecular formula is C25H30F2N6O. The van der Waals surface area contributed by atoms with E-state index in [2.05, 4.69) is 56.3 Å². The lowest BCUT2D eigenvalue weighted by Gasteiger charge is -2.36. The molecule has 2 saturated heterocycles. The lowest BCUT2D eigenvalue weighted by Crippen LogP contribution is -2.46. The summed E-state index contributed by atoms with van der Waals surface area (Å²) in [5.74, 6) is -2.71. The van der Waals surface area contributed by atoms with Crippen molar-refractivity contribution >= 4 is 5.69 Å². The van der Waals surface area contributed by atoms with Crippen molar-refractivity contribution in [3.63, 3.8) is 0 Å². The zero-order valence-corrected chi connectivity index (χ0v) is 19.4. The minimum atomic E-state index is -2.71. The average molecular weight is 469 g/mol. The van der Waals surface area contributed by atoms with Crippen molar-refractivity contribution in [1.29, 1.82) is 0 Å². The van der Waals surface area contributed by atoms with Crippen molar-refractivity contribution in [3.05, 3.63) is 60.0 Å². The molecule has 0 unspecified atom stereocenters. The number of hydrogen-bond donors (Lipinski definition) is 0. The van der Waals surface area contributed by atoms with Crippen molar-refractivity contribution in [1.82, 2.24) is 24.9 Å². The predicted octanol–water partition coefficient (Wildman–Crippen LogP) is 3.79. The third-order valence-corrected chi connectivity index (χ3v) is 6.63. The van der Waals surface area contributed by atoms with E-state index in [1.807, 2.05) is 24.5 Å². The van der Waals surface area contributed by atoms with E-state index < -0.39 is 12.5 Å². The number of hydrogen-bond acceptors (Lipinski definition) is 6. The predicted molar refractivity (Wildman–Crippen MR) is 126 cm³/mol. The van der Waals surface area contributed by atoms with E-state index >= 15 is 0 Å². The molecule has 0 bridgehead atoms. The normalized spacial score (nSPS) is 21.0. The van der Waals surface area contributed by atoms with Crippen LogP contribution in [0.1, 0.15) is 24.1 Å². The molecule has 9 heteroatoms. The quantitative estimate of drug-likeness (QED) is 0.549. The fraction of sp³-hybridized carbons (Fsp3) is 0.480. The summed E-state index contributed by atoms with van der Waals surface area (Å²) in [6.45, 7) is 6.84. The third kappa shape index (κ3) is 5.42. The van der Waals surface area contributed by atoms with Gasteiger partial charge in [-0.3, -0.25) is 9.88 Å². The van der Waals surface area contributed by atoms with Crippen molar-refractivity contribution in [2.24, 2.45) is 0 Å². The van der Waals surface area contributed by atoms with Gasteiger partial charge in [-0.05, 0) is 43.2 Å². The second kappa shape index (κ2) is 9.76. The number of aryl methyl sites for hydroxylation is 1. The number of ether oxygens (including phenoxy) is 1. The van der Waals surface area contributed by atoms with Crippen LogP contribution >= 0.6 is 0 Å². The summed E-state index contributed by atoms with van der Waals surface area (Å²) in [5, 5.41) is 8.51. The number of pyridine rings is 1. The molecule has 0 saturated carbocycles. The number of rotatable bonds is 6. The first kappa shape index (κ1) is 22.9. The Balaban J connectivity index is 1.18. The maximum Gasteiger partial charge on any atom is 0.271 e. The van der Waals surface area contributed by atoms with Crippen LogP contribution in [-0.2, 0) is 17.8 Å². The Morgan fingerprint density at radius 2 is 1.97 bits per heavy atom. The van der Waals surface area contributed by atoms with Crippen LogP contribution in [0.25, 0.3) is 11.3 Å². The van der Waals surface area contributed by atoms with Crippen LogP contribution in [0.15, 0.2) is 48.8 Å². The highest BCUT2D eigenvalue weighted by molar-refractivity contribution is 5.67. The van der Waals surface area contributed by atoms with Crippen LogP contribution in [-0.4, -0.2) is 69.7 Å². The molecule has 0 amide bonds. The summed E-state index contributed by atoms with van der Waals surface area (Å²) < 4.78 is 33.6. The molecule has 180 valence electrons. The molecular weight excluding hydrogens is 438 g/mol. The highest BCUT2D eigenvalue weighted by atomic mass is 19.3. The molecule has 1 aromatic carbocycles. The van der Waals surface area contributed by atoms with Crippen molar-refractivity contribution in [2.45, 2.75) is 44.9 Å². The maximum absolute atomic E-state index is 13.3. The minimum Gasteiger partial charge on any atom is -0.370 e. The zero-order valence-electron chi connectivity index (χ0n) is 19.4. The van der Waals surface area contributed by atoms with Crippen LogP contribution < -0.4 is 4.90 Å². The van der Waals surface area contributed by atoms with Gasteiger partial charge in [-0.2, -0.15) is 0 Å².